The van der Waals surface area contributed by atoms with Gasteiger partial charge in [-0.05, 0) is 97.4 Å². The number of para-hydroxylation sites is 1. The molecule has 4 N–H and O–H groups in total. The van der Waals surface area contributed by atoms with Gasteiger partial charge in [-0.3, -0.25) is 0 Å². The normalized spacial score (nSPS) is 24.2. The minimum atomic E-state index is 0.640. The van der Waals surface area contributed by atoms with E-state index in [0.29, 0.717) is 5.92 Å². The molecular weight excluding hydrogens is 448 g/mol. The molecule has 0 radical (unpaired) electrons. The highest BCUT2D eigenvalue weighted by Crippen LogP contribution is 2.45. The maximum Gasteiger partial charge on any atom is 0.0385 e. The van der Waals surface area contributed by atoms with Crippen molar-refractivity contribution in [2.45, 2.75) is 128 Å². The summed E-state index contributed by atoms with van der Waals surface area (Å²) in [4.78, 5) is 0. The maximum atomic E-state index is 6.75. The van der Waals surface area contributed by atoms with Crippen molar-refractivity contribution in [1.29, 1.82) is 0 Å². The Hall–Kier alpha value is -1.96. The van der Waals surface area contributed by atoms with E-state index in [2.05, 4.69) is 37.3 Å². The third-order valence-electron chi connectivity index (χ3n) is 9.84. The Bertz CT molecular complexity index is 901. The molecule has 2 aromatic carbocycles. The lowest BCUT2D eigenvalue weighted by Gasteiger charge is -2.38. The molecule has 2 aliphatic rings. The van der Waals surface area contributed by atoms with E-state index < -0.39 is 0 Å². The van der Waals surface area contributed by atoms with Crippen LogP contribution in [0.2, 0.25) is 0 Å². The fourth-order valence-corrected chi connectivity index (χ4v) is 7.42. The lowest BCUT2D eigenvalue weighted by molar-refractivity contribution is 0.155. The molecule has 2 nitrogen and oxygen atoms in total. The van der Waals surface area contributed by atoms with Crippen LogP contribution in [0, 0.1) is 17.8 Å². The van der Waals surface area contributed by atoms with Gasteiger partial charge in [-0.25, -0.2) is 0 Å². The van der Waals surface area contributed by atoms with Crippen molar-refractivity contribution in [2.24, 2.45) is 17.8 Å². The molecule has 0 bridgehead atoms. The summed E-state index contributed by atoms with van der Waals surface area (Å²) in [5, 5.41) is 0. The van der Waals surface area contributed by atoms with E-state index in [9.17, 15) is 0 Å². The van der Waals surface area contributed by atoms with Crippen molar-refractivity contribution in [1.82, 2.24) is 0 Å². The molecule has 2 fully saturated rings. The molecule has 37 heavy (non-hydrogen) atoms. The number of hydrogen-bond donors (Lipinski definition) is 2. The van der Waals surface area contributed by atoms with Gasteiger partial charge in [0.25, 0.3) is 0 Å². The summed E-state index contributed by atoms with van der Waals surface area (Å²) < 4.78 is 0. The number of hydrogen-bond acceptors (Lipinski definition) is 2. The lowest BCUT2D eigenvalue weighted by Crippen LogP contribution is -2.25. The monoisotopic (exact) mass is 502 g/mol. The van der Waals surface area contributed by atoms with Gasteiger partial charge in [0, 0.05) is 11.4 Å². The second-order valence-electron chi connectivity index (χ2n) is 12.5. The first-order valence-electron chi connectivity index (χ1n) is 15.9. The van der Waals surface area contributed by atoms with Crippen LogP contribution in [0.15, 0.2) is 42.5 Å². The molecule has 2 aromatic rings. The minimum absolute atomic E-state index is 0.640. The van der Waals surface area contributed by atoms with Crippen LogP contribution in [0.4, 0.5) is 11.4 Å². The molecule has 0 atom stereocenters. The Kier molecular flexibility index (Phi) is 11.3. The smallest absolute Gasteiger partial charge is 0.0385 e. The Balaban J connectivity index is 1.16. The largest absolute Gasteiger partial charge is 0.399 e. The number of nitrogens with two attached hydrogens (primary N) is 2. The first-order valence-corrected chi connectivity index (χ1v) is 15.9. The molecule has 204 valence electrons. The van der Waals surface area contributed by atoms with Crippen molar-refractivity contribution in [2.75, 3.05) is 11.5 Å². The Morgan fingerprint density at radius 3 is 1.89 bits per heavy atom. The Morgan fingerprint density at radius 1 is 0.649 bits per heavy atom. The molecule has 0 aliphatic heterocycles. The Labute approximate surface area is 228 Å². The summed E-state index contributed by atoms with van der Waals surface area (Å²) in [6.07, 6.45) is 25.4. The van der Waals surface area contributed by atoms with Gasteiger partial charge in [-0.2, -0.15) is 0 Å². The molecule has 0 aromatic heterocycles. The molecular formula is C35H54N2. The van der Waals surface area contributed by atoms with Crippen LogP contribution >= 0.6 is 0 Å². The first kappa shape index (κ1) is 28.1. The number of unbranched alkanes of at least 4 members (excludes halogenated alkanes) is 7. The number of rotatable bonds is 13. The molecule has 0 unspecified atom stereocenters. The van der Waals surface area contributed by atoms with Gasteiger partial charge in [-0.15, -0.1) is 0 Å². The number of nitrogen functional groups attached to an aromatic ring is 2. The Morgan fingerprint density at radius 2 is 1.24 bits per heavy atom. The van der Waals surface area contributed by atoms with Crippen LogP contribution in [0.1, 0.15) is 139 Å². The van der Waals surface area contributed by atoms with E-state index in [0.717, 1.165) is 35.5 Å². The van der Waals surface area contributed by atoms with E-state index in [4.69, 9.17) is 11.5 Å². The highest BCUT2D eigenvalue weighted by molar-refractivity contribution is 5.57. The zero-order valence-electron chi connectivity index (χ0n) is 23.7. The third kappa shape index (κ3) is 8.52. The molecule has 0 spiro atoms. The average molecular weight is 503 g/mol. The summed E-state index contributed by atoms with van der Waals surface area (Å²) >= 11 is 0. The zero-order chi connectivity index (χ0) is 25.9. The van der Waals surface area contributed by atoms with Crippen LogP contribution in [-0.4, -0.2) is 0 Å². The molecule has 4 rings (SSSR count). The fourth-order valence-electron chi connectivity index (χ4n) is 7.42. The van der Waals surface area contributed by atoms with Gasteiger partial charge in [0.05, 0.1) is 0 Å². The maximum absolute atomic E-state index is 6.75. The molecule has 0 amide bonds. The molecule has 0 saturated heterocycles. The van der Waals surface area contributed by atoms with Crippen molar-refractivity contribution in [3.63, 3.8) is 0 Å². The molecule has 2 aliphatic carbocycles. The predicted octanol–water partition coefficient (Wildman–Crippen LogP) is 10.1. The average Bonchev–Trinajstić information content (AvgIpc) is 2.93. The summed E-state index contributed by atoms with van der Waals surface area (Å²) in [5.41, 5.74) is 18.4. The van der Waals surface area contributed by atoms with Crippen molar-refractivity contribution in [3.05, 3.63) is 59.2 Å². The van der Waals surface area contributed by atoms with Crippen molar-refractivity contribution < 1.29 is 0 Å². The SMILES string of the molecule is CCCCCCCCCCC1CCC(C2CCC(c3cccc(Cc4ccc(N)cc4)c3N)CC2)CC1. The quantitative estimate of drug-likeness (QED) is 0.211. The van der Waals surface area contributed by atoms with E-state index in [1.807, 2.05) is 12.1 Å². The van der Waals surface area contributed by atoms with Crippen LogP contribution in [0.25, 0.3) is 0 Å². The van der Waals surface area contributed by atoms with Gasteiger partial charge in [-0.1, -0.05) is 108 Å². The van der Waals surface area contributed by atoms with Gasteiger partial charge in [0.2, 0.25) is 0 Å². The topological polar surface area (TPSA) is 52.0 Å². The van der Waals surface area contributed by atoms with Gasteiger partial charge < -0.3 is 11.5 Å². The van der Waals surface area contributed by atoms with E-state index >= 15 is 0 Å². The summed E-state index contributed by atoms with van der Waals surface area (Å²) in [6.45, 7) is 2.31. The van der Waals surface area contributed by atoms with Gasteiger partial charge in [0.1, 0.15) is 0 Å². The van der Waals surface area contributed by atoms with Crippen LogP contribution in [0.5, 0.6) is 0 Å². The van der Waals surface area contributed by atoms with Crippen molar-refractivity contribution in [3.8, 4) is 0 Å². The van der Waals surface area contributed by atoms with Crippen LogP contribution < -0.4 is 11.5 Å². The summed E-state index contributed by atoms with van der Waals surface area (Å²) in [6, 6.07) is 14.9. The fraction of sp³-hybridized carbons (Fsp3) is 0.657. The zero-order valence-corrected chi connectivity index (χ0v) is 23.7. The van der Waals surface area contributed by atoms with Crippen molar-refractivity contribution >= 4 is 11.4 Å². The number of benzene rings is 2. The first-order chi connectivity index (χ1) is 18.1. The standard InChI is InChI=1S/C35H54N2/c1-2-3-4-5-6-7-8-9-11-27-14-18-29(19-15-27)30-20-22-31(23-21-30)34-13-10-12-32(35(34)37)26-28-16-24-33(36)25-17-28/h10,12-13,16-17,24-25,27,29-31H,2-9,11,14-15,18-23,26,36-37H2,1H3. The minimum Gasteiger partial charge on any atom is -0.399 e. The van der Waals surface area contributed by atoms with E-state index in [-0.39, 0.29) is 0 Å². The molecule has 2 saturated carbocycles. The molecule has 0 heterocycles. The summed E-state index contributed by atoms with van der Waals surface area (Å²) in [5.74, 6) is 3.61. The highest BCUT2D eigenvalue weighted by atomic mass is 14.6. The van der Waals surface area contributed by atoms with E-state index in [1.54, 1.807) is 0 Å². The predicted molar refractivity (Wildman–Crippen MR) is 162 cm³/mol. The third-order valence-corrected chi connectivity index (χ3v) is 9.84. The second kappa shape index (κ2) is 14.8. The highest BCUT2D eigenvalue weighted by Gasteiger charge is 2.31. The summed E-state index contributed by atoms with van der Waals surface area (Å²) in [7, 11) is 0. The van der Waals surface area contributed by atoms with Crippen LogP contribution in [0.3, 0.4) is 0 Å². The lowest BCUT2D eigenvalue weighted by atomic mass is 9.67. The second-order valence-corrected chi connectivity index (χ2v) is 12.5. The number of anilines is 2. The molecule has 2 heteroatoms. The van der Waals surface area contributed by atoms with E-state index in [1.165, 1.54) is 126 Å². The van der Waals surface area contributed by atoms with Gasteiger partial charge >= 0.3 is 0 Å². The van der Waals surface area contributed by atoms with Crippen LogP contribution in [-0.2, 0) is 6.42 Å². The van der Waals surface area contributed by atoms with Gasteiger partial charge in [0.15, 0.2) is 0 Å².